The molecule has 0 saturated heterocycles. The minimum absolute atomic E-state index is 0.0488. The van der Waals surface area contributed by atoms with Gasteiger partial charge in [0.1, 0.15) is 11.6 Å². The highest BCUT2D eigenvalue weighted by Crippen LogP contribution is 2.22. The Hall–Kier alpha value is -2.12. The maximum Gasteiger partial charge on any atom is 0.344 e. The third-order valence-electron chi connectivity index (χ3n) is 2.72. The van der Waals surface area contributed by atoms with Crippen LogP contribution in [0.25, 0.3) is 0 Å². The maximum absolute atomic E-state index is 12.9. The molecule has 0 heterocycles. The van der Waals surface area contributed by atoms with Crippen LogP contribution in [0.2, 0.25) is 5.02 Å². The van der Waals surface area contributed by atoms with Gasteiger partial charge in [-0.1, -0.05) is 33.6 Å². The van der Waals surface area contributed by atoms with Gasteiger partial charge < -0.3 is 14.8 Å². The van der Waals surface area contributed by atoms with E-state index in [1.165, 1.54) is 6.07 Å². The van der Waals surface area contributed by atoms with Gasteiger partial charge in [-0.15, -0.1) is 0 Å². The van der Waals surface area contributed by atoms with Gasteiger partial charge in [0.05, 0.1) is 10.7 Å². The molecule has 0 radical (unpaired) electrons. The molecule has 8 heteroatoms. The van der Waals surface area contributed by atoms with Crippen molar-refractivity contribution in [3.05, 3.63) is 57.8 Å². The molecule has 5 nitrogen and oxygen atoms in total. The van der Waals surface area contributed by atoms with Crippen LogP contribution in [0.4, 0.5) is 10.1 Å². The van der Waals surface area contributed by atoms with E-state index < -0.39 is 24.3 Å². The Morgan fingerprint density at radius 2 is 1.96 bits per heavy atom. The van der Waals surface area contributed by atoms with Crippen LogP contribution < -0.4 is 10.1 Å². The van der Waals surface area contributed by atoms with Crippen molar-refractivity contribution in [3.8, 4) is 5.75 Å². The van der Waals surface area contributed by atoms with Crippen molar-refractivity contribution in [1.29, 1.82) is 0 Å². The lowest BCUT2D eigenvalue weighted by atomic mass is 10.3. The second kappa shape index (κ2) is 8.65. The van der Waals surface area contributed by atoms with E-state index in [4.69, 9.17) is 21.1 Å². The Morgan fingerprint density at radius 3 is 2.67 bits per heavy atom. The lowest BCUT2D eigenvalue weighted by molar-refractivity contribution is -0.149. The normalized spacial score (nSPS) is 10.1. The van der Waals surface area contributed by atoms with Crippen LogP contribution in [0.15, 0.2) is 46.9 Å². The van der Waals surface area contributed by atoms with E-state index in [9.17, 15) is 14.0 Å². The predicted octanol–water partition coefficient (Wildman–Crippen LogP) is 3.80. The summed E-state index contributed by atoms with van der Waals surface area (Å²) in [6.07, 6.45) is 0. The number of carbonyl (C=O) groups is 2. The van der Waals surface area contributed by atoms with Gasteiger partial charge in [0.2, 0.25) is 0 Å². The molecule has 1 N–H and O–H groups in total. The number of amides is 1. The fraction of sp³-hybridized carbons (Fsp3) is 0.125. The minimum Gasteiger partial charge on any atom is -0.482 e. The third kappa shape index (κ3) is 5.82. The third-order valence-corrected chi connectivity index (χ3v) is 3.53. The number of anilines is 1. The molecule has 0 atom stereocenters. The van der Waals surface area contributed by atoms with E-state index in [2.05, 4.69) is 21.2 Å². The standard InChI is InChI=1S/C16H12BrClFNO4/c17-10-2-1-3-12(6-10)23-9-16(22)24-8-15(21)20-14-5-4-11(19)7-13(14)18/h1-7H,8-9H2,(H,20,21). The van der Waals surface area contributed by atoms with Crippen LogP contribution in [0.1, 0.15) is 0 Å². The fourth-order valence-corrected chi connectivity index (χ4v) is 2.26. The van der Waals surface area contributed by atoms with Gasteiger partial charge in [-0.3, -0.25) is 4.79 Å². The predicted molar refractivity (Wildman–Crippen MR) is 90.6 cm³/mol. The lowest BCUT2D eigenvalue weighted by Crippen LogP contribution is -2.23. The Kier molecular flexibility index (Phi) is 6.57. The second-order valence-corrected chi connectivity index (χ2v) is 5.90. The minimum atomic E-state index is -0.699. The Balaban J connectivity index is 1.75. The van der Waals surface area contributed by atoms with Crippen LogP contribution >= 0.6 is 27.5 Å². The number of hydrogen-bond acceptors (Lipinski definition) is 4. The van der Waals surface area contributed by atoms with Gasteiger partial charge in [0, 0.05) is 4.47 Å². The van der Waals surface area contributed by atoms with Crippen molar-refractivity contribution in [1.82, 2.24) is 0 Å². The van der Waals surface area contributed by atoms with Gasteiger partial charge in [-0.2, -0.15) is 0 Å². The summed E-state index contributed by atoms with van der Waals surface area (Å²) in [4.78, 5) is 23.2. The lowest BCUT2D eigenvalue weighted by Gasteiger charge is -2.09. The highest BCUT2D eigenvalue weighted by molar-refractivity contribution is 9.10. The first-order valence-corrected chi connectivity index (χ1v) is 7.90. The Labute approximate surface area is 150 Å². The van der Waals surface area contributed by atoms with Crippen LogP contribution in [0.3, 0.4) is 0 Å². The molecule has 24 heavy (non-hydrogen) atoms. The first-order chi connectivity index (χ1) is 11.4. The zero-order valence-corrected chi connectivity index (χ0v) is 14.6. The highest BCUT2D eigenvalue weighted by atomic mass is 79.9. The molecule has 0 fully saturated rings. The van der Waals surface area contributed by atoms with E-state index in [0.29, 0.717) is 5.75 Å². The summed E-state index contributed by atoms with van der Waals surface area (Å²) in [5, 5.41) is 2.46. The fourth-order valence-electron chi connectivity index (χ4n) is 1.66. The molecule has 0 saturated carbocycles. The van der Waals surface area contributed by atoms with Crippen LogP contribution in [0, 0.1) is 5.82 Å². The van der Waals surface area contributed by atoms with E-state index in [-0.39, 0.29) is 17.3 Å². The summed E-state index contributed by atoms with van der Waals surface area (Å²) in [5.41, 5.74) is 0.226. The number of benzene rings is 2. The number of halogens is 3. The number of rotatable bonds is 6. The van der Waals surface area contributed by atoms with E-state index in [0.717, 1.165) is 16.6 Å². The average Bonchev–Trinajstić information content (AvgIpc) is 2.54. The zero-order chi connectivity index (χ0) is 17.5. The van der Waals surface area contributed by atoms with Crippen molar-refractivity contribution >= 4 is 45.1 Å². The van der Waals surface area contributed by atoms with E-state index in [1.807, 2.05) is 6.07 Å². The van der Waals surface area contributed by atoms with Gasteiger partial charge in [-0.25, -0.2) is 9.18 Å². The zero-order valence-electron chi connectivity index (χ0n) is 12.2. The molecule has 0 unspecified atom stereocenters. The molecular weight excluding hydrogens is 405 g/mol. The summed E-state index contributed by atoms with van der Waals surface area (Å²) in [7, 11) is 0. The average molecular weight is 417 g/mol. The van der Waals surface area contributed by atoms with Crippen molar-refractivity contribution in [2.75, 3.05) is 18.5 Å². The number of hydrogen-bond donors (Lipinski definition) is 1. The Morgan fingerprint density at radius 1 is 1.17 bits per heavy atom. The summed E-state index contributed by atoms with van der Waals surface area (Å²) < 4.78 is 23.7. The molecule has 0 aliphatic carbocycles. The molecule has 0 aromatic heterocycles. The number of carbonyl (C=O) groups excluding carboxylic acids is 2. The van der Waals surface area contributed by atoms with Crippen molar-refractivity contribution < 1.29 is 23.5 Å². The van der Waals surface area contributed by atoms with E-state index in [1.54, 1.807) is 18.2 Å². The Bertz CT molecular complexity index is 757. The molecule has 2 aromatic rings. The molecule has 1 amide bonds. The molecule has 0 aliphatic heterocycles. The smallest absolute Gasteiger partial charge is 0.344 e. The summed E-state index contributed by atoms with van der Waals surface area (Å²) in [5.74, 6) is -1.33. The summed E-state index contributed by atoms with van der Waals surface area (Å²) >= 11 is 9.06. The number of ether oxygens (including phenoxy) is 2. The van der Waals surface area contributed by atoms with Crippen molar-refractivity contribution in [2.45, 2.75) is 0 Å². The van der Waals surface area contributed by atoms with Crippen molar-refractivity contribution in [2.24, 2.45) is 0 Å². The summed E-state index contributed by atoms with van der Waals surface area (Å²) in [6, 6.07) is 10.5. The van der Waals surface area contributed by atoms with E-state index >= 15 is 0 Å². The molecule has 126 valence electrons. The number of nitrogens with one attached hydrogen (secondary N) is 1. The topological polar surface area (TPSA) is 64.6 Å². The molecule has 0 aliphatic rings. The van der Waals surface area contributed by atoms with Crippen LogP contribution in [-0.4, -0.2) is 25.1 Å². The maximum atomic E-state index is 12.9. The summed E-state index contributed by atoms with van der Waals surface area (Å²) in [6.45, 7) is -0.838. The molecule has 2 rings (SSSR count). The van der Waals surface area contributed by atoms with Crippen molar-refractivity contribution in [3.63, 3.8) is 0 Å². The van der Waals surface area contributed by atoms with Gasteiger partial charge in [0.15, 0.2) is 13.2 Å². The molecule has 2 aromatic carbocycles. The monoisotopic (exact) mass is 415 g/mol. The van der Waals surface area contributed by atoms with Gasteiger partial charge in [-0.05, 0) is 36.4 Å². The highest BCUT2D eigenvalue weighted by Gasteiger charge is 2.11. The first-order valence-electron chi connectivity index (χ1n) is 6.73. The first kappa shape index (κ1) is 18.2. The quantitative estimate of drug-likeness (QED) is 0.728. The molecular formula is C16H12BrClFNO4. The van der Waals surface area contributed by atoms with Gasteiger partial charge >= 0.3 is 5.97 Å². The second-order valence-electron chi connectivity index (χ2n) is 4.58. The largest absolute Gasteiger partial charge is 0.482 e. The molecule has 0 bridgehead atoms. The van der Waals surface area contributed by atoms with Crippen LogP contribution in [0.5, 0.6) is 5.75 Å². The molecule has 0 spiro atoms. The SMILES string of the molecule is O=C(COC(=O)COc1cccc(Br)c1)Nc1ccc(F)cc1Cl. The van der Waals surface area contributed by atoms with Crippen LogP contribution in [-0.2, 0) is 14.3 Å². The number of esters is 1. The van der Waals surface area contributed by atoms with Gasteiger partial charge in [0.25, 0.3) is 5.91 Å².